The fourth-order valence-electron chi connectivity index (χ4n) is 15.0. The van der Waals surface area contributed by atoms with E-state index in [0.717, 1.165) is 51.4 Å². The van der Waals surface area contributed by atoms with E-state index in [4.69, 9.17) is 0 Å². The van der Waals surface area contributed by atoms with Gasteiger partial charge in [-0.1, -0.05) is 516 Å². The summed E-state index contributed by atoms with van der Waals surface area (Å²) in [6.45, 7) is 9.30. The summed E-state index contributed by atoms with van der Waals surface area (Å²) in [6, 6.07) is 0. The van der Waals surface area contributed by atoms with Gasteiger partial charge in [-0.05, 0) is 37.5 Å². The monoisotopic (exact) mass is 1470 g/mol. The van der Waals surface area contributed by atoms with Crippen molar-refractivity contribution < 1.29 is 34.3 Å². The largest absolute Gasteiger partial charge is 2.00 e. The molecule has 0 heterocycles. The summed E-state index contributed by atoms with van der Waals surface area (Å²) in [7, 11) is -9.19. The van der Waals surface area contributed by atoms with Crippen LogP contribution >= 0.6 is 0 Å². The number of hydrogen-bond acceptors (Lipinski definition) is 8. The summed E-state index contributed by atoms with van der Waals surface area (Å²) >= 11 is 0. The molecule has 2 atom stereocenters. The molecule has 0 aliphatic carbocycles. The SMILES string of the molecule is CCCCCCCCCCCCCCCCCCCCCCC(CCCCCCCCCCCCCCCCCCCC)COS(=O)(=O)[O-].CCCCCCCCCCCCCCCCCCCCCCC(CCCCCCCCCCCCCCCCCCCC)COS(=O)(=O)[O-].[Ca+2]. The Morgan fingerprint density at radius 3 is 0.364 bits per heavy atom. The van der Waals surface area contributed by atoms with E-state index in [1.807, 2.05) is 0 Å². The van der Waals surface area contributed by atoms with E-state index in [1.54, 1.807) is 0 Å². The molecule has 0 aromatic heterocycles. The van der Waals surface area contributed by atoms with Gasteiger partial charge >= 0.3 is 37.7 Å². The predicted octanol–water partition coefficient (Wildman–Crippen LogP) is 31.1. The van der Waals surface area contributed by atoms with E-state index in [9.17, 15) is 25.9 Å². The van der Waals surface area contributed by atoms with Crippen LogP contribution in [0.15, 0.2) is 0 Å². The van der Waals surface area contributed by atoms with Gasteiger partial charge in [0, 0.05) is 0 Å². The molecule has 0 saturated carbocycles. The van der Waals surface area contributed by atoms with Gasteiger partial charge in [-0.25, -0.2) is 16.8 Å². The van der Waals surface area contributed by atoms with Gasteiger partial charge in [0.05, 0.1) is 13.2 Å². The molecule has 0 amide bonds. The topological polar surface area (TPSA) is 133 Å². The van der Waals surface area contributed by atoms with Crippen molar-refractivity contribution in [2.75, 3.05) is 13.2 Å². The number of rotatable bonds is 86. The fourth-order valence-corrected chi connectivity index (χ4v) is 15.7. The minimum absolute atomic E-state index is 0. The Morgan fingerprint density at radius 2 is 0.273 bits per heavy atom. The van der Waals surface area contributed by atoms with Crippen LogP contribution in [0.1, 0.15) is 541 Å². The molecule has 592 valence electrons. The van der Waals surface area contributed by atoms with Crippen LogP contribution in [0.4, 0.5) is 0 Å². The van der Waals surface area contributed by atoms with Crippen molar-refractivity contribution in [3.8, 4) is 0 Å². The summed E-state index contributed by atoms with van der Waals surface area (Å²) in [5.74, 6) is 0.390. The Morgan fingerprint density at radius 1 is 0.182 bits per heavy atom. The molecule has 11 heteroatoms. The Labute approximate surface area is 654 Å². The molecule has 0 rings (SSSR count). The first-order chi connectivity index (χ1) is 48.0. The third-order valence-corrected chi connectivity index (χ3v) is 22.6. The first-order valence-corrected chi connectivity index (χ1v) is 47.9. The molecule has 0 N–H and O–H groups in total. The first-order valence-electron chi connectivity index (χ1n) is 45.2. The summed E-state index contributed by atoms with van der Waals surface area (Å²) in [4.78, 5) is 0. The summed E-state index contributed by atoms with van der Waals surface area (Å²) < 4.78 is 75.7. The van der Waals surface area contributed by atoms with Gasteiger partial charge < -0.3 is 9.11 Å². The van der Waals surface area contributed by atoms with Crippen LogP contribution < -0.4 is 0 Å². The van der Waals surface area contributed by atoms with E-state index in [0.29, 0.717) is 0 Å². The first kappa shape index (κ1) is 104. The maximum absolute atomic E-state index is 11.1. The van der Waals surface area contributed by atoms with Gasteiger partial charge in [0.25, 0.3) is 0 Å². The van der Waals surface area contributed by atoms with Crippen molar-refractivity contribution in [2.24, 2.45) is 11.8 Å². The van der Waals surface area contributed by atoms with Crippen LogP contribution in [0.3, 0.4) is 0 Å². The fraction of sp³-hybridized carbons (Fsp3) is 1.00. The van der Waals surface area contributed by atoms with E-state index in [2.05, 4.69) is 36.1 Å². The van der Waals surface area contributed by atoms with E-state index in [1.165, 1.54) is 462 Å². The van der Waals surface area contributed by atoms with Crippen LogP contribution in [-0.4, -0.2) is 76.9 Å². The Kier molecular flexibility index (Phi) is 94.3. The standard InChI is InChI=1S/2C44H90O4S.Ca/c2*1-3-5-7-9-11-13-15-17-19-21-23-24-26-28-30-32-34-36-38-40-42-44(43-48-49(45,46)47)41-39-37-35-33-31-29-27-25-22-20-18-16-14-12-10-8-6-4-2;/h2*44H,3-43H2,1-2H3,(H,45,46,47);/q;;+2/p-2. The summed E-state index contributed by atoms with van der Waals surface area (Å²) in [6.07, 6.45) is 108. The summed E-state index contributed by atoms with van der Waals surface area (Å²) in [5.41, 5.74) is 0. The van der Waals surface area contributed by atoms with Crippen molar-refractivity contribution in [3.63, 3.8) is 0 Å². The van der Waals surface area contributed by atoms with Crippen LogP contribution in [0.25, 0.3) is 0 Å². The smallest absolute Gasteiger partial charge is 0.726 e. The average molecular weight is 1470 g/mol. The average Bonchev–Trinajstić information content (AvgIpc) is 2.87. The molecule has 0 radical (unpaired) electrons. The van der Waals surface area contributed by atoms with Gasteiger partial charge in [0.15, 0.2) is 0 Å². The van der Waals surface area contributed by atoms with Crippen LogP contribution in [0.5, 0.6) is 0 Å². The third kappa shape index (κ3) is 99.0. The summed E-state index contributed by atoms with van der Waals surface area (Å²) in [5, 5.41) is 0. The molecule has 0 saturated heterocycles. The van der Waals surface area contributed by atoms with Gasteiger partial charge in [-0.15, -0.1) is 0 Å². The molecule has 0 fully saturated rings. The molecule has 0 aromatic carbocycles. The van der Waals surface area contributed by atoms with Gasteiger partial charge in [-0.2, -0.15) is 0 Å². The molecule has 99 heavy (non-hydrogen) atoms. The van der Waals surface area contributed by atoms with Crippen molar-refractivity contribution in [2.45, 2.75) is 541 Å². The van der Waals surface area contributed by atoms with Crippen molar-refractivity contribution >= 4 is 58.5 Å². The zero-order chi connectivity index (χ0) is 71.6. The second-order valence-corrected chi connectivity index (χ2v) is 33.8. The Balaban J connectivity index is -0.00000184. The quantitative estimate of drug-likeness (QED) is 0.0254. The molecule has 0 aliphatic heterocycles. The maximum atomic E-state index is 11.1. The number of hydrogen-bond donors (Lipinski definition) is 0. The third-order valence-electron chi connectivity index (χ3n) is 21.8. The molecule has 0 bridgehead atoms. The Hall–Kier alpha value is 1.000. The molecular formula is C88H178CaO8S2. The van der Waals surface area contributed by atoms with Gasteiger partial charge in [0.2, 0.25) is 20.8 Å². The van der Waals surface area contributed by atoms with E-state index < -0.39 is 20.8 Å². The van der Waals surface area contributed by atoms with Crippen molar-refractivity contribution in [3.05, 3.63) is 0 Å². The molecule has 8 nitrogen and oxygen atoms in total. The Bertz CT molecular complexity index is 1550. The second kappa shape index (κ2) is 89.6. The molecule has 0 aliphatic rings. The zero-order valence-electron chi connectivity index (χ0n) is 67.9. The molecular weight excluding hydrogens is 1290 g/mol. The van der Waals surface area contributed by atoms with Crippen molar-refractivity contribution in [1.29, 1.82) is 0 Å². The van der Waals surface area contributed by atoms with E-state index in [-0.39, 0.29) is 62.8 Å². The van der Waals surface area contributed by atoms with Crippen LogP contribution in [-0.2, 0) is 29.2 Å². The minimum Gasteiger partial charge on any atom is -0.726 e. The maximum Gasteiger partial charge on any atom is 2.00 e. The van der Waals surface area contributed by atoms with Crippen LogP contribution in [0.2, 0.25) is 0 Å². The molecule has 2 unspecified atom stereocenters. The zero-order valence-corrected chi connectivity index (χ0v) is 71.8. The second-order valence-electron chi connectivity index (χ2n) is 31.7. The number of unbranched alkanes of at least 4 members (excludes halogenated alkanes) is 72. The predicted molar refractivity (Wildman–Crippen MR) is 436 cm³/mol. The van der Waals surface area contributed by atoms with Gasteiger partial charge in [0.1, 0.15) is 0 Å². The van der Waals surface area contributed by atoms with Gasteiger partial charge in [-0.3, -0.25) is 8.37 Å². The van der Waals surface area contributed by atoms with Crippen molar-refractivity contribution in [1.82, 2.24) is 0 Å². The molecule has 0 aromatic rings. The molecule has 0 spiro atoms. The van der Waals surface area contributed by atoms with E-state index >= 15 is 0 Å². The minimum atomic E-state index is -4.60. The van der Waals surface area contributed by atoms with Crippen LogP contribution in [0, 0.1) is 11.8 Å². The normalized spacial score (nSPS) is 12.5.